The molecule has 9 heteroatoms. The van der Waals surface area contributed by atoms with Crippen LogP contribution in [0, 0.1) is 17.1 Å². The summed E-state index contributed by atoms with van der Waals surface area (Å²) in [4.78, 5) is 25.1. The summed E-state index contributed by atoms with van der Waals surface area (Å²) in [5, 5.41) is 42.0. The Morgan fingerprint density at radius 1 is 0.977 bits per heavy atom. The number of aliphatic carboxylic acids is 1. The lowest BCUT2D eigenvalue weighted by Crippen LogP contribution is -2.27. The van der Waals surface area contributed by atoms with Gasteiger partial charge < -0.3 is 25.2 Å². The second-order valence-electron chi connectivity index (χ2n) is 10.7. The third-order valence-electron chi connectivity index (χ3n) is 7.08. The number of carboxylic acid groups (broad SMARTS) is 1. The van der Waals surface area contributed by atoms with Crippen LogP contribution >= 0.6 is 0 Å². The van der Waals surface area contributed by atoms with E-state index >= 15 is 0 Å². The van der Waals surface area contributed by atoms with Gasteiger partial charge in [0.15, 0.2) is 0 Å². The minimum Gasteiger partial charge on any atom is -0.481 e. The fourth-order valence-corrected chi connectivity index (χ4v) is 5.19. The van der Waals surface area contributed by atoms with E-state index < -0.39 is 30.4 Å². The van der Waals surface area contributed by atoms with Crippen molar-refractivity contribution in [2.45, 2.75) is 51.5 Å². The first-order valence-corrected chi connectivity index (χ1v) is 14.2. The van der Waals surface area contributed by atoms with Gasteiger partial charge in [-0.15, -0.1) is 0 Å². The molecule has 1 amide bonds. The van der Waals surface area contributed by atoms with Crippen LogP contribution in [0.5, 0.6) is 0 Å². The van der Waals surface area contributed by atoms with Gasteiger partial charge in [0.2, 0.25) is 0 Å². The van der Waals surface area contributed by atoms with Crippen LogP contribution in [0.3, 0.4) is 0 Å². The minimum absolute atomic E-state index is 0.170. The Morgan fingerprint density at radius 2 is 1.66 bits per heavy atom. The fraction of sp³-hybridized carbons (Fsp3) is 0.229. The molecule has 226 valence electrons. The first-order valence-electron chi connectivity index (χ1n) is 14.2. The molecule has 0 aliphatic carbocycles. The number of aliphatic hydroxyl groups is 2. The van der Waals surface area contributed by atoms with E-state index in [1.54, 1.807) is 36.4 Å². The highest BCUT2D eigenvalue weighted by Crippen LogP contribution is 2.42. The minimum atomic E-state index is -1.25. The molecule has 0 unspecified atom stereocenters. The lowest BCUT2D eigenvalue weighted by Gasteiger charge is -2.17. The number of hydrogen-bond acceptors (Lipinski definition) is 5. The molecule has 0 saturated heterocycles. The van der Waals surface area contributed by atoms with Crippen molar-refractivity contribution in [1.82, 2.24) is 9.88 Å². The predicted octanol–water partition coefficient (Wildman–Crippen LogP) is 5.94. The van der Waals surface area contributed by atoms with Crippen molar-refractivity contribution >= 4 is 18.0 Å². The molecule has 1 heterocycles. The smallest absolute Gasteiger partial charge is 0.305 e. The van der Waals surface area contributed by atoms with Gasteiger partial charge in [0.1, 0.15) is 11.5 Å². The van der Waals surface area contributed by atoms with Crippen molar-refractivity contribution in [3.05, 3.63) is 113 Å². The highest BCUT2D eigenvalue weighted by Gasteiger charge is 2.29. The number of carboxylic acids is 1. The number of hydrogen-bond donors (Lipinski definition) is 4. The zero-order chi connectivity index (χ0) is 31.8. The third-order valence-corrected chi connectivity index (χ3v) is 7.08. The van der Waals surface area contributed by atoms with E-state index in [9.17, 15) is 29.5 Å². The number of nitriles is 1. The Labute approximate surface area is 255 Å². The van der Waals surface area contributed by atoms with E-state index in [4.69, 9.17) is 5.11 Å². The van der Waals surface area contributed by atoms with Crippen molar-refractivity contribution in [2.24, 2.45) is 0 Å². The van der Waals surface area contributed by atoms with Gasteiger partial charge in [0.25, 0.3) is 5.91 Å². The van der Waals surface area contributed by atoms with Crippen molar-refractivity contribution in [1.29, 1.82) is 5.26 Å². The Bertz CT molecular complexity index is 1690. The third kappa shape index (κ3) is 7.67. The first kappa shape index (κ1) is 31.9. The van der Waals surface area contributed by atoms with Gasteiger partial charge in [0, 0.05) is 35.8 Å². The lowest BCUT2D eigenvalue weighted by molar-refractivity contribution is -0.139. The average Bonchev–Trinajstić information content (AvgIpc) is 3.35. The topological polar surface area (TPSA) is 136 Å². The van der Waals surface area contributed by atoms with Gasteiger partial charge in [0.05, 0.1) is 30.3 Å². The van der Waals surface area contributed by atoms with Crippen molar-refractivity contribution in [3.63, 3.8) is 0 Å². The molecule has 0 fully saturated rings. The van der Waals surface area contributed by atoms with E-state index in [1.165, 1.54) is 18.2 Å². The molecule has 0 aliphatic rings. The lowest BCUT2D eigenvalue weighted by atomic mass is 9.94. The summed E-state index contributed by atoms with van der Waals surface area (Å²) < 4.78 is 15.9. The maximum atomic E-state index is 14.1. The van der Waals surface area contributed by atoms with Crippen LogP contribution in [-0.4, -0.2) is 44.0 Å². The summed E-state index contributed by atoms with van der Waals surface area (Å²) in [5.41, 5.74) is 4.77. The number of nitrogens with zero attached hydrogens (tertiary/aromatic N) is 2. The summed E-state index contributed by atoms with van der Waals surface area (Å²) in [6, 6.07) is 24.1. The summed E-state index contributed by atoms with van der Waals surface area (Å²) in [6.07, 6.45) is -0.0230. The number of rotatable bonds is 12. The molecule has 0 aliphatic heterocycles. The number of carbonyl (C=O) groups is 2. The molecule has 2 atom stereocenters. The number of benzene rings is 3. The molecule has 0 radical (unpaired) electrons. The van der Waals surface area contributed by atoms with E-state index in [0.717, 1.165) is 11.1 Å². The molecule has 44 heavy (non-hydrogen) atoms. The second kappa shape index (κ2) is 14.4. The Kier molecular flexibility index (Phi) is 10.5. The molecule has 4 rings (SSSR count). The number of nitrogens with one attached hydrogen (secondary N) is 1. The van der Waals surface area contributed by atoms with Crippen molar-refractivity contribution in [3.8, 4) is 28.3 Å². The molecule has 1 aromatic heterocycles. The van der Waals surface area contributed by atoms with Crippen LogP contribution in [0.2, 0.25) is 0 Å². The molecular formula is C35H34FN3O5. The van der Waals surface area contributed by atoms with Gasteiger partial charge in [-0.05, 0) is 60.9 Å². The predicted molar refractivity (Wildman–Crippen MR) is 166 cm³/mol. The van der Waals surface area contributed by atoms with Crippen LogP contribution in [-0.2, 0) is 11.3 Å². The molecule has 0 saturated carbocycles. The molecule has 0 spiro atoms. The Hall–Kier alpha value is -5.04. The SMILES string of the molecule is CC(C)n1c(/C=C/[C@@H](O)C[C@@H](O)CC(=O)O)c(-c2ccc(F)cc2)c(-c2ccccc2)c1C(=O)NCc1cccc(C#N)c1. The van der Waals surface area contributed by atoms with Gasteiger partial charge in [-0.1, -0.05) is 60.7 Å². The van der Waals surface area contributed by atoms with E-state index in [0.29, 0.717) is 33.6 Å². The highest BCUT2D eigenvalue weighted by molar-refractivity contribution is 6.06. The largest absolute Gasteiger partial charge is 0.481 e. The molecule has 0 bridgehead atoms. The molecule has 4 N–H and O–H groups in total. The van der Waals surface area contributed by atoms with Gasteiger partial charge in [-0.3, -0.25) is 9.59 Å². The second-order valence-corrected chi connectivity index (χ2v) is 10.7. The number of aliphatic hydroxyl groups excluding tert-OH is 2. The summed E-state index contributed by atoms with van der Waals surface area (Å²) in [5.74, 6) is -1.97. The van der Waals surface area contributed by atoms with Crippen LogP contribution in [0.15, 0.2) is 84.9 Å². The highest BCUT2D eigenvalue weighted by atomic mass is 19.1. The molecular weight excluding hydrogens is 561 g/mol. The van der Waals surface area contributed by atoms with Crippen molar-refractivity contribution < 1.29 is 29.3 Å². The number of halogens is 1. The summed E-state index contributed by atoms with van der Waals surface area (Å²) in [6.45, 7) is 4.00. The number of amides is 1. The zero-order valence-corrected chi connectivity index (χ0v) is 24.4. The van der Waals surface area contributed by atoms with E-state index in [-0.39, 0.29) is 24.9 Å². The summed E-state index contributed by atoms with van der Waals surface area (Å²) >= 11 is 0. The molecule has 3 aromatic carbocycles. The van der Waals surface area contributed by atoms with E-state index in [2.05, 4.69) is 11.4 Å². The van der Waals surface area contributed by atoms with Crippen LogP contribution in [0.1, 0.15) is 60.0 Å². The van der Waals surface area contributed by atoms with Crippen LogP contribution in [0.4, 0.5) is 4.39 Å². The monoisotopic (exact) mass is 595 g/mol. The zero-order valence-electron chi connectivity index (χ0n) is 24.4. The Morgan fingerprint density at radius 3 is 2.30 bits per heavy atom. The van der Waals surface area contributed by atoms with Crippen molar-refractivity contribution in [2.75, 3.05) is 0 Å². The standard InChI is InChI=1S/C35H34FN3O5/c1-22(2)39-30(16-15-28(40)18-29(41)19-31(42)43)32(26-11-13-27(36)14-12-26)33(25-9-4-3-5-10-25)34(39)35(44)38-21-24-8-6-7-23(17-24)20-37/h3-17,22,28-29,40-41H,18-19,21H2,1-2H3,(H,38,44)(H,42,43)/b16-15+/t28-,29-/m1/s1. The van der Waals surface area contributed by atoms with Gasteiger partial charge >= 0.3 is 5.97 Å². The maximum Gasteiger partial charge on any atom is 0.305 e. The average molecular weight is 596 g/mol. The fourth-order valence-electron chi connectivity index (χ4n) is 5.19. The molecule has 4 aromatic rings. The number of carbonyl (C=O) groups excluding carboxylic acids is 1. The van der Waals surface area contributed by atoms with Crippen LogP contribution in [0.25, 0.3) is 28.3 Å². The first-order chi connectivity index (χ1) is 21.1. The normalized spacial score (nSPS) is 12.7. The van der Waals surface area contributed by atoms with E-state index in [1.807, 2.05) is 54.8 Å². The quantitative estimate of drug-likeness (QED) is 0.160. The van der Waals surface area contributed by atoms with Crippen LogP contribution < -0.4 is 5.32 Å². The number of aromatic nitrogens is 1. The maximum absolute atomic E-state index is 14.1. The van der Waals surface area contributed by atoms with Gasteiger partial charge in [-0.2, -0.15) is 5.26 Å². The van der Waals surface area contributed by atoms with Gasteiger partial charge in [-0.25, -0.2) is 4.39 Å². The Balaban J connectivity index is 1.90. The summed E-state index contributed by atoms with van der Waals surface area (Å²) in [7, 11) is 0. The molecule has 8 nitrogen and oxygen atoms in total.